The lowest BCUT2D eigenvalue weighted by Crippen LogP contribution is -2.03. The molecule has 0 aliphatic heterocycles. The molecule has 0 aliphatic carbocycles. The van der Waals surface area contributed by atoms with Gasteiger partial charge in [0.2, 0.25) is 0 Å². The van der Waals surface area contributed by atoms with Crippen molar-refractivity contribution in [1.29, 1.82) is 0 Å². The summed E-state index contributed by atoms with van der Waals surface area (Å²) in [5.41, 5.74) is 2.38. The molecule has 1 aromatic carbocycles. The normalized spacial score (nSPS) is 10.5. The van der Waals surface area contributed by atoms with Gasteiger partial charge in [0.25, 0.3) is 0 Å². The number of ether oxygens (including phenoxy) is 2. The molecule has 5 heteroatoms. The number of rotatable bonds is 7. The largest absolute Gasteiger partial charge is 0.493 e. The third-order valence-corrected chi connectivity index (χ3v) is 3.27. The quantitative estimate of drug-likeness (QED) is 0.580. The van der Waals surface area contributed by atoms with Gasteiger partial charge >= 0.3 is 5.97 Å². The molecule has 0 unspecified atom stereocenters. The highest BCUT2D eigenvalue weighted by molar-refractivity contribution is 5.88. The zero-order valence-corrected chi connectivity index (χ0v) is 13.3. The number of esters is 1. The zero-order chi connectivity index (χ0) is 15.9. The Morgan fingerprint density at radius 1 is 1.32 bits per heavy atom. The van der Waals surface area contributed by atoms with E-state index < -0.39 is 0 Å². The van der Waals surface area contributed by atoms with Gasteiger partial charge in [0.15, 0.2) is 0 Å². The topological polar surface area (TPSA) is 53.4 Å². The number of unbranched alkanes of at least 4 members (excludes halogenated alkanes) is 1. The molecule has 0 bridgehead atoms. The van der Waals surface area contributed by atoms with E-state index in [1.54, 1.807) is 17.8 Å². The highest BCUT2D eigenvalue weighted by atomic mass is 16.5. The number of aryl methyl sites for hydroxylation is 1. The van der Waals surface area contributed by atoms with Crippen molar-refractivity contribution in [1.82, 2.24) is 9.78 Å². The molecule has 2 aromatic rings. The lowest BCUT2D eigenvalue weighted by atomic mass is 10.2. The Balaban J connectivity index is 2.13. The second-order valence-corrected chi connectivity index (χ2v) is 5.05. The molecule has 1 heterocycles. The predicted octanol–water partition coefficient (Wildman–Crippen LogP) is 3.54. The summed E-state index contributed by atoms with van der Waals surface area (Å²) in [6, 6.07) is 5.85. The minimum atomic E-state index is -0.356. The lowest BCUT2D eigenvalue weighted by Gasteiger charge is -2.10. The lowest BCUT2D eigenvalue weighted by molar-refractivity contribution is 0.0526. The maximum atomic E-state index is 11.7. The van der Waals surface area contributed by atoms with Crippen molar-refractivity contribution in [2.24, 2.45) is 0 Å². The van der Waals surface area contributed by atoms with E-state index in [2.05, 4.69) is 12.0 Å². The number of hydrogen-bond donors (Lipinski definition) is 0. The van der Waals surface area contributed by atoms with Crippen molar-refractivity contribution in [2.75, 3.05) is 13.2 Å². The van der Waals surface area contributed by atoms with Crippen molar-refractivity contribution in [2.45, 2.75) is 33.6 Å². The van der Waals surface area contributed by atoms with Gasteiger partial charge in [0.05, 0.1) is 30.7 Å². The third kappa shape index (κ3) is 3.87. The van der Waals surface area contributed by atoms with Gasteiger partial charge in [-0.2, -0.15) is 5.10 Å². The zero-order valence-electron chi connectivity index (χ0n) is 13.3. The molecule has 0 atom stereocenters. The fourth-order valence-corrected chi connectivity index (χ4v) is 2.05. The molecule has 0 aliphatic rings. The van der Waals surface area contributed by atoms with Crippen LogP contribution >= 0.6 is 0 Å². The van der Waals surface area contributed by atoms with Crippen LogP contribution in [0, 0.1) is 6.92 Å². The van der Waals surface area contributed by atoms with Crippen LogP contribution in [0.3, 0.4) is 0 Å². The molecular formula is C17H22N2O3. The average molecular weight is 302 g/mol. The van der Waals surface area contributed by atoms with Gasteiger partial charge in [0.1, 0.15) is 5.75 Å². The Kier molecular flexibility index (Phi) is 5.58. The van der Waals surface area contributed by atoms with Crippen LogP contribution in [-0.2, 0) is 4.74 Å². The van der Waals surface area contributed by atoms with Gasteiger partial charge in [-0.05, 0) is 44.0 Å². The minimum Gasteiger partial charge on any atom is -0.493 e. The number of hydrogen-bond acceptors (Lipinski definition) is 4. The van der Waals surface area contributed by atoms with E-state index in [-0.39, 0.29) is 5.97 Å². The summed E-state index contributed by atoms with van der Waals surface area (Å²) in [5.74, 6) is 0.528. The summed E-state index contributed by atoms with van der Waals surface area (Å²) in [7, 11) is 0. The van der Waals surface area contributed by atoms with Crippen LogP contribution in [0.5, 0.6) is 5.75 Å². The fourth-order valence-electron chi connectivity index (χ4n) is 2.05. The van der Waals surface area contributed by atoms with Crippen LogP contribution in [0.4, 0.5) is 0 Å². The summed E-state index contributed by atoms with van der Waals surface area (Å²) >= 11 is 0. The number of nitrogens with zero attached hydrogens (tertiary/aromatic N) is 2. The van der Waals surface area contributed by atoms with Crippen molar-refractivity contribution < 1.29 is 14.3 Å². The van der Waals surface area contributed by atoms with Crippen LogP contribution in [0.2, 0.25) is 0 Å². The average Bonchev–Trinajstić information content (AvgIpc) is 2.99. The Hall–Kier alpha value is -2.30. The van der Waals surface area contributed by atoms with E-state index in [1.807, 2.05) is 25.1 Å². The van der Waals surface area contributed by atoms with Crippen molar-refractivity contribution in [3.05, 3.63) is 41.7 Å². The Morgan fingerprint density at radius 2 is 2.14 bits per heavy atom. The smallest absolute Gasteiger partial charge is 0.341 e. The van der Waals surface area contributed by atoms with Gasteiger partial charge in [-0.15, -0.1) is 0 Å². The standard InChI is InChI=1S/C17H22N2O3/c1-4-6-9-22-16-8-7-15(10-13(16)3)19-12-14(11-18-19)17(20)21-5-2/h7-8,10-12H,4-6,9H2,1-3H3. The molecule has 0 spiro atoms. The molecule has 1 aromatic heterocycles. The monoisotopic (exact) mass is 302 g/mol. The highest BCUT2D eigenvalue weighted by Crippen LogP contribution is 2.21. The van der Waals surface area contributed by atoms with Crippen LogP contribution in [0.15, 0.2) is 30.6 Å². The van der Waals surface area contributed by atoms with E-state index in [4.69, 9.17) is 9.47 Å². The molecular weight excluding hydrogens is 280 g/mol. The Labute approximate surface area is 130 Å². The molecule has 5 nitrogen and oxygen atoms in total. The number of carbonyl (C=O) groups is 1. The number of aromatic nitrogens is 2. The molecule has 0 amide bonds. The van der Waals surface area contributed by atoms with E-state index in [9.17, 15) is 4.79 Å². The first kappa shape index (κ1) is 16.1. The van der Waals surface area contributed by atoms with Gasteiger partial charge in [-0.3, -0.25) is 0 Å². The second-order valence-electron chi connectivity index (χ2n) is 5.05. The summed E-state index contributed by atoms with van der Waals surface area (Å²) in [6.07, 6.45) is 5.34. The summed E-state index contributed by atoms with van der Waals surface area (Å²) in [6.45, 7) is 7.00. The third-order valence-electron chi connectivity index (χ3n) is 3.27. The van der Waals surface area contributed by atoms with Crippen molar-refractivity contribution in [3.63, 3.8) is 0 Å². The van der Waals surface area contributed by atoms with Crippen LogP contribution in [0.1, 0.15) is 42.6 Å². The molecule has 118 valence electrons. The fraction of sp³-hybridized carbons (Fsp3) is 0.412. The summed E-state index contributed by atoms with van der Waals surface area (Å²) in [5, 5.41) is 4.21. The molecule has 0 saturated heterocycles. The van der Waals surface area contributed by atoms with Crippen LogP contribution in [-0.4, -0.2) is 29.0 Å². The number of carbonyl (C=O) groups excluding carboxylic acids is 1. The van der Waals surface area contributed by atoms with Crippen molar-refractivity contribution in [3.8, 4) is 11.4 Å². The maximum Gasteiger partial charge on any atom is 0.341 e. The Bertz CT molecular complexity index is 635. The Morgan fingerprint density at radius 3 is 2.82 bits per heavy atom. The van der Waals surface area contributed by atoms with E-state index >= 15 is 0 Å². The van der Waals surface area contributed by atoms with Gasteiger partial charge in [-0.1, -0.05) is 13.3 Å². The van der Waals surface area contributed by atoms with E-state index in [0.29, 0.717) is 12.2 Å². The van der Waals surface area contributed by atoms with Crippen LogP contribution < -0.4 is 4.74 Å². The first-order valence-electron chi connectivity index (χ1n) is 7.61. The molecule has 22 heavy (non-hydrogen) atoms. The van der Waals surface area contributed by atoms with Gasteiger partial charge < -0.3 is 9.47 Å². The maximum absolute atomic E-state index is 11.7. The van der Waals surface area contributed by atoms with Crippen molar-refractivity contribution >= 4 is 5.97 Å². The predicted molar refractivity (Wildman–Crippen MR) is 84.7 cm³/mol. The SMILES string of the molecule is CCCCOc1ccc(-n2cc(C(=O)OCC)cn2)cc1C. The van der Waals surface area contributed by atoms with Gasteiger partial charge in [-0.25, -0.2) is 9.48 Å². The second kappa shape index (κ2) is 7.64. The first-order chi connectivity index (χ1) is 10.7. The molecule has 0 saturated carbocycles. The highest BCUT2D eigenvalue weighted by Gasteiger charge is 2.11. The van der Waals surface area contributed by atoms with Gasteiger partial charge in [0, 0.05) is 6.20 Å². The molecule has 0 fully saturated rings. The molecule has 0 N–H and O–H groups in total. The summed E-state index contributed by atoms with van der Waals surface area (Å²) in [4.78, 5) is 11.7. The number of benzene rings is 1. The van der Waals surface area contributed by atoms with E-state index in [1.165, 1.54) is 6.20 Å². The minimum absolute atomic E-state index is 0.354. The molecule has 2 rings (SSSR count). The van der Waals surface area contributed by atoms with Crippen LogP contribution in [0.25, 0.3) is 5.69 Å². The molecule has 0 radical (unpaired) electrons. The first-order valence-corrected chi connectivity index (χ1v) is 7.61. The van der Waals surface area contributed by atoms with E-state index in [0.717, 1.165) is 36.4 Å². The summed E-state index contributed by atoms with van der Waals surface area (Å²) < 4.78 is 12.4.